The zero-order chi connectivity index (χ0) is 14.4. The molecule has 2 rings (SSSR count). The molecule has 0 spiro atoms. The fourth-order valence-corrected chi connectivity index (χ4v) is 2.68. The van der Waals surface area contributed by atoms with Gasteiger partial charge >= 0.3 is 0 Å². The Bertz CT molecular complexity index is 534. The summed E-state index contributed by atoms with van der Waals surface area (Å²) in [5, 5.41) is 0. The highest BCUT2D eigenvalue weighted by molar-refractivity contribution is 5.58. The van der Waals surface area contributed by atoms with E-state index in [0.29, 0.717) is 5.92 Å². The fourth-order valence-electron chi connectivity index (χ4n) is 2.68. The highest BCUT2D eigenvalue weighted by Crippen LogP contribution is 2.34. The molecule has 0 fully saturated rings. The van der Waals surface area contributed by atoms with E-state index in [9.17, 15) is 0 Å². The van der Waals surface area contributed by atoms with Crippen LogP contribution in [0.1, 0.15) is 49.7 Å². The minimum atomic E-state index is 0.339. The van der Waals surface area contributed by atoms with Gasteiger partial charge in [-0.15, -0.1) is 0 Å². The number of nitrogens with two attached hydrogens (primary N) is 2. The molecule has 2 nitrogen and oxygen atoms in total. The lowest BCUT2D eigenvalue weighted by atomic mass is 9.85. The summed E-state index contributed by atoms with van der Waals surface area (Å²) in [5.74, 6) is 0.339. The maximum absolute atomic E-state index is 6.18. The molecule has 0 saturated heterocycles. The Balaban J connectivity index is 2.33. The lowest BCUT2D eigenvalue weighted by Gasteiger charge is -2.20. The van der Waals surface area contributed by atoms with E-state index in [1.165, 1.54) is 24.8 Å². The Kier molecular flexibility index (Phi) is 5.05. The first kappa shape index (κ1) is 14.4. The molecule has 0 aliphatic carbocycles. The Morgan fingerprint density at radius 3 is 2.40 bits per heavy atom. The van der Waals surface area contributed by atoms with Crippen molar-refractivity contribution in [3.63, 3.8) is 0 Å². The van der Waals surface area contributed by atoms with Crippen LogP contribution in [0, 0.1) is 0 Å². The Labute approximate surface area is 121 Å². The molecular formula is C18H24N2. The van der Waals surface area contributed by atoms with Crippen molar-refractivity contribution in [1.29, 1.82) is 0 Å². The summed E-state index contributed by atoms with van der Waals surface area (Å²) in [5.41, 5.74) is 16.2. The van der Waals surface area contributed by atoms with Crippen LogP contribution < -0.4 is 11.5 Å². The maximum atomic E-state index is 6.18. The highest BCUT2D eigenvalue weighted by atomic mass is 14.6. The molecule has 0 heterocycles. The van der Waals surface area contributed by atoms with Crippen LogP contribution in [0.5, 0.6) is 0 Å². The van der Waals surface area contributed by atoms with Gasteiger partial charge in [0.1, 0.15) is 0 Å². The highest BCUT2D eigenvalue weighted by Gasteiger charge is 2.16. The first-order chi connectivity index (χ1) is 9.72. The van der Waals surface area contributed by atoms with Crippen LogP contribution in [-0.4, -0.2) is 0 Å². The molecule has 2 aromatic rings. The minimum Gasteiger partial charge on any atom is -0.399 e. The largest absolute Gasteiger partial charge is 0.399 e. The van der Waals surface area contributed by atoms with Gasteiger partial charge in [0, 0.05) is 17.3 Å². The summed E-state index contributed by atoms with van der Waals surface area (Å²) in [6, 6.07) is 16.4. The van der Waals surface area contributed by atoms with E-state index in [-0.39, 0.29) is 0 Å². The summed E-state index contributed by atoms with van der Waals surface area (Å²) in [4.78, 5) is 0. The van der Waals surface area contributed by atoms with Gasteiger partial charge in [-0.1, -0.05) is 56.5 Å². The average Bonchev–Trinajstić information content (AvgIpc) is 2.48. The van der Waals surface area contributed by atoms with E-state index in [2.05, 4.69) is 37.3 Å². The zero-order valence-corrected chi connectivity index (χ0v) is 12.2. The van der Waals surface area contributed by atoms with Crippen molar-refractivity contribution in [2.24, 2.45) is 0 Å². The summed E-state index contributed by atoms with van der Waals surface area (Å²) < 4.78 is 0. The van der Waals surface area contributed by atoms with Crippen LogP contribution in [-0.2, 0) is 0 Å². The lowest BCUT2D eigenvalue weighted by molar-refractivity contribution is 0.619. The van der Waals surface area contributed by atoms with Crippen molar-refractivity contribution in [3.8, 4) is 0 Å². The third kappa shape index (κ3) is 3.53. The first-order valence-corrected chi connectivity index (χ1v) is 7.42. The summed E-state index contributed by atoms with van der Waals surface area (Å²) in [6.45, 7) is 2.23. The zero-order valence-electron chi connectivity index (χ0n) is 12.2. The van der Waals surface area contributed by atoms with Gasteiger partial charge < -0.3 is 11.5 Å². The topological polar surface area (TPSA) is 52.0 Å². The van der Waals surface area contributed by atoms with E-state index in [1.807, 2.05) is 18.2 Å². The SMILES string of the molecule is CCCCCC(c1ccccc1)c1cc(N)ccc1N. The van der Waals surface area contributed by atoms with Gasteiger partial charge in [0.05, 0.1) is 0 Å². The third-order valence-corrected chi connectivity index (χ3v) is 3.78. The molecule has 0 aromatic heterocycles. The molecule has 20 heavy (non-hydrogen) atoms. The van der Waals surface area contributed by atoms with Crippen molar-refractivity contribution in [2.45, 2.75) is 38.5 Å². The molecule has 106 valence electrons. The Morgan fingerprint density at radius 1 is 0.950 bits per heavy atom. The molecule has 0 aliphatic rings. The lowest BCUT2D eigenvalue weighted by Crippen LogP contribution is -2.06. The van der Waals surface area contributed by atoms with Crippen molar-refractivity contribution in [2.75, 3.05) is 11.5 Å². The van der Waals surface area contributed by atoms with Gasteiger partial charge in [-0.05, 0) is 35.7 Å². The van der Waals surface area contributed by atoms with Crippen molar-refractivity contribution < 1.29 is 0 Å². The van der Waals surface area contributed by atoms with Crippen LogP contribution in [0.25, 0.3) is 0 Å². The second-order valence-electron chi connectivity index (χ2n) is 5.35. The van der Waals surface area contributed by atoms with E-state index in [4.69, 9.17) is 11.5 Å². The van der Waals surface area contributed by atoms with Gasteiger partial charge in [0.15, 0.2) is 0 Å². The van der Waals surface area contributed by atoms with Crippen molar-refractivity contribution >= 4 is 11.4 Å². The number of anilines is 2. The molecule has 2 heteroatoms. The van der Waals surface area contributed by atoms with Crippen molar-refractivity contribution in [3.05, 3.63) is 59.7 Å². The molecule has 0 bridgehead atoms. The number of rotatable bonds is 6. The predicted molar refractivity (Wildman–Crippen MR) is 87.7 cm³/mol. The monoisotopic (exact) mass is 268 g/mol. The molecular weight excluding hydrogens is 244 g/mol. The summed E-state index contributed by atoms with van der Waals surface area (Å²) in [7, 11) is 0. The summed E-state index contributed by atoms with van der Waals surface area (Å²) in [6.07, 6.45) is 4.81. The second kappa shape index (κ2) is 6.99. The third-order valence-electron chi connectivity index (χ3n) is 3.78. The van der Waals surface area contributed by atoms with Gasteiger partial charge in [0.25, 0.3) is 0 Å². The van der Waals surface area contributed by atoms with Crippen LogP contribution in [0.2, 0.25) is 0 Å². The Hall–Kier alpha value is -1.96. The minimum absolute atomic E-state index is 0.339. The summed E-state index contributed by atoms with van der Waals surface area (Å²) >= 11 is 0. The molecule has 0 saturated carbocycles. The van der Waals surface area contributed by atoms with Crippen LogP contribution in [0.3, 0.4) is 0 Å². The van der Waals surface area contributed by atoms with E-state index in [1.54, 1.807) is 0 Å². The van der Waals surface area contributed by atoms with Gasteiger partial charge in [-0.2, -0.15) is 0 Å². The molecule has 2 aromatic carbocycles. The van der Waals surface area contributed by atoms with Crippen LogP contribution >= 0.6 is 0 Å². The van der Waals surface area contributed by atoms with E-state index in [0.717, 1.165) is 23.4 Å². The quantitative estimate of drug-likeness (QED) is 0.596. The van der Waals surface area contributed by atoms with E-state index < -0.39 is 0 Å². The standard InChI is InChI=1S/C18H24N2/c1-2-3-5-10-16(14-8-6-4-7-9-14)17-13-15(19)11-12-18(17)20/h4,6-9,11-13,16H,2-3,5,10,19-20H2,1H3. The molecule has 0 radical (unpaired) electrons. The van der Waals surface area contributed by atoms with Gasteiger partial charge in [-0.3, -0.25) is 0 Å². The number of benzene rings is 2. The normalized spacial score (nSPS) is 12.2. The van der Waals surface area contributed by atoms with Gasteiger partial charge in [-0.25, -0.2) is 0 Å². The average molecular weight is 268 g/mol. The number of nitrogen functional groups attached to an aromatic ring is 2. The molecule has 1 atom stereocenters. The molecule has 0 aliphatic heterocycles. The molecule has 4 N–H and O–H groups in total. The Morgan fingerprint density at radius 2 is 1.70 bits per heavy atom. The van der Waals surface area contributed by atoms with Crippen LogP contribution in [0.4, 0.5) is 11.4 Å². The number of hydrogen-bond donors (Lipinski definition) is 2. The van der Waals surface area contributed by atoms with Gasteiger partial charge in [0.2, 0.25) is 0 Å². The number of hydrogen-bond acceptors (Lipinski definition) is 2. The predicted octanol–water partition coefficient (Wildman–Crippen LogP) is 4.56. The van der Waals surface area contributed by atoms with E-state index >= 15 is 0 Å². The molecule has 1 unspecified atom stereocenters. The number of unbranched alkanes of at least 4 members (excludes halogenated alkanes) is 2. The second-order valence-corrected chi connectivity index (χ2v) is 5.35. The smallest absolute Gasteiger partial charge is 0.0354 e. The van der Waals surface area contributed by atoms with Crippen molar-refractivity contribution in [1.82, 2.24) is 0 Å². The maximum Gasteiger partial charge on any atom is 0.0354 e. The fraction of sp³-hybridized carbons (Fsp3) is 0.333. The van der Waals surface area contributed by atoms with Crippen LogP contribution in [0.15, 0.2) is 48.5 Å². The molecule has 0 amide bonds. The first-order valence-electron chi connectivity index (χ1n) is 7.42.